The highest BCUT2D eigenvalue weighted by molar-refractivity contribution is 5.46. The van der Waals surface area contributed by atoms with Crippen molar-refractivity contribution in [2.24, 2.45) is 5.92 Å². The molecule has 1 aromatic carbocycles. The molecule has 2 rings (SSSR count). The Morgan fingerprint density at radius 3 is 1.21 bits per heavy atom. The number of para-hydroxylation sites is 1. The normalized spacial score (nSPS) is 12.5. The summed E-state index contributed by atoms with van der Waals surface area (Å²) in [5.74, 6) is 0.766. The summed E-state index contributed by atoms with van der Waals surface area (Å²) in [4.78, 5) is 4.55. The van der Waals surface area contributed by atoms with Gasteiger partial charge in [0.25, 0.3) is 0 Å². The average molecular weight is 719 g/mol. The van der Waals surface area contributed by atoms with E-state index in [0.717, 1.165) is 5.92 Å². The largest absolute Gasteiger partial charge is 0.306 e. The van der Waals surface area contributed by atoms with Crippen LogP contribution in [0.15, 0.2) is 43.0 Å². The molecule has 0 unspecified atom stereocenters. The van der Waals surface area contributed by atoms with E-state index < -0.39 is 0 Å². The van der Waals surface area contributed by atoms with Crippen LogP contribution < -0.4 is 0 Å². The van der Waals surface area contributed by atoms with Crippen molar-refractivity contribution >= 4 is 0 Å². The fraction of sp³-hybridized carbons (Fsp3) is 0.820. The number of imidazole rings is 1. The Morgan fingerprint density at radius 1 is 0.462 bits per heavy atom. The Bertz CT molecular complexity index is 989. The molecular weight excluding hydrogens is 629 g/mol. The van der Waals surface area contributed by atoms with Crippen LogP contribution >= 0.6 is 0 Å². The Morgan fingerprint density at radius 2 is 0.827 bits per heavy atom. The summed E-state index contributed by atoms with van der Waals surface area (Å²) in [5.41, 5.74) is 3.29. The van der Waals surface area contributed by atoms with Crippen LogP contribution in [0.4, 0.5) is 0 Å². The minimum atomic E-state index is 0.245. The molecule has 0 radical (unpaired) electrons. The van der Waals surface area contributed by atoms with Crippen molar-refractivity contribution in [2.45, 2.75) is 258 Å². The van der Waals surface area contributed by atoms with Crippen LogP contribution in [0.3, 0.4) is 0 Å². The molecular formula is C50H90N2. The Hall–Kier alpha value is -1.57. The SMILES string of the molecule is CCCCCCCCCC[C@H](CCCCCCCCC)C(CCCCCCCCCC)(CCCCCCCCCC)c1ccccc1-n1ccnc1. The Kier molecular flexibility index (Phi) is 29.4. The lowest BCUT2D eigenvalue weighted by molar-refractivity contribution is 0.183. The first-order chi connectivity index (χ1) is 25.7. The lowest BCUT2D eigenvalue weighted by Gasteiger charge is -2.44. The maximum atomic E-state index is 4.55. The van der Waals surface area contributed by atoms with Crippen molar-refractivity contribution in [3.63, 3.8) is 0 Å². The molecule has 0 aliphatic carbocycles. The monoisotopic (exact) mass is 719 g/mol. The van der Waals surface area contributed by atoms with Gasteiger partial charge in [-0.3, -0.25) is 0 Å². The quantitative estimate of drug-likeness (QED) is 0.0632. The molecule has 1 atom stereocenters. The summed E-state index contributed by atoms with van der Waals surface area (Å²) >= 11 is 0. The van der Waals surface area contributed by atoms with Gasteiger partial charge in [-0.15, -0.1) is 0 Å². The van der Waals surface area contributed by atoms with E-state index in [-0.39, 0.29) is 5.41 Å². The Balaban J connectivity index is 2.37. The number of unbranched alkanes of at least 4 members (excludes halogenated alkanes) is 27. The fourth-order valence-electron chi connectivity index (χ4n) is 9.26. The fourth-order valence-corrected chi connectivity index (χ4v) is 9.26. The van der Waals surface area contributed by atoms with Gasteiger partial charge in [0.15, 0.2) is 0 Å². The summed E-state index contributed by atoms with van der Waals surface area (Å²) in [6, 6.07) is 9.62. The third kappa shape index (κ3) is 20.2. The van der Waals surface area contributed by atoms with Crippen LogP contribution in [0.25, 0.3) is 5.69 Å². The van der Waals surface area contributed by atoms with Crippen LogP contribution in [-0.4, -0.2) is 9.55 Å². The van der Waals surface area contributed by atoms with Crippen molar-refractivity contribution in [3.8, 4) is 5.69 Å². The first-order valence-electron chi connectivity index (χ1n) is 23.8. The molecule has 0 spiro atoms. The van der Waals surface area contributed by atoms with Crippen LogP contribution in [-0.2, 0) is 5.41 Å². The van der Waals surface area contributed by atoms with E-state index in [1.807, 2.05) is 6.20 Å². The topological polar surface area (TPSA) is 17.8 Å². The van der Waals surface area contributed by atoms with Crippen molar-refractivity contribution in [3.05, 3.63) is 48.5 Å². The van der Waals surface area contributed by atoms with Gasteiger partial charge in [0.05, 0.1) is 12.0 Å². The standard InChI is InChI=1S/C50H90N2/c1-5-9-13-17-21-25-29-33-39-47(38-32-28-24-20-16-12-8-4)50(42-36-30-26-22-18-14-10-6-2,43-37-31-27-23-19-15-11-7-3)48-40-34-35-41-49(48)52-45-44-51-46-52/h34-35,40-41,44-47H,5-33,36-39,42-43H2,1-4H3/t47-/m0/s1. The van der Waals surface area contributed by atoms with Crippen molar-refractivity contribution < 1.29 is 0 Å². The molecule has 0 N–H and O–H groups in total. The second-order valence-electron chi connectivity index (χ2n) is 17.0. The highest BCUT2D eigenvalue weighted by Crippen LogP contribution is 2.49. The molecule has 0 amide bonds. The number of rotatable bonds is 38. The summed E-state index contributed by atoms with van der Waals surface area (Å²) in [6.07, 6.45) is 55.5. The molecule has 0 aliphatic rings. The van der Waals surface area contributed by atoms with Gasteiger partial charge in [0, 0.05) is 17.8 Å². The highest BCUT2D eigenvalue weighted by Gasteiger charge is 2.40. The van der Waals surface area contributed by atoms with E-state index in [2.05, 4.69) is 74.0 Å². The van der Waals surface area contributed by atoms with Gasteiger partial charge in [-0.25, -0.2) is 4.98 Å². The molecule has 2 heteroatoms. The molecule has 0 fully saturated rings. The summed E-state index contributed by atoms with van der Waals surface area (Å²) < 4.78 is 2.34. The van der Waals surface area contributed by atoms with E-state index in [9.17, 15) is 0 Å². The molecule has 0 aliphatic heterocycles. The number of hydrogen-bond acceptors (Lipinski definition) is 1. The minimum absolute atomic E-state index is 0.245. The molecule has 0 saturated heterocycles. The third-order valence-electron chi connectivity index (χ3n) is 12.5. The van der Waals surface area contributed by atoms with Crippen molar-refractivity contribution in [2.75, 3.05) is 0 Å². The lowest BCUT2D eigenvalue weighted by atomic mass is 9.61. The van der Waals surface area contributed by atoms with Gasteiger partial charge < -0.3 is 4.57 Å². The second-order valence-corrected chi connectivity index (χ2v) is 17.0. The number of nitrogens with zero attached hydrogens (tertiary/aromatic N) is 2. The molecule has 0 bridgehead atoms. The average Bonchev–Trinajstić information content (AvgIpc) is 3.71. The molecule has 0 saturated carbocycles. The van der Waals surface area contributed by atoms with Gasteiger partial charge in [-0.2, -0.15) is 0 Å². The minimum Gasteiger partial charge on any atom is -0.306 e. The first kappa shape index (κ1) is 46.6. The van der Waals surface area contributed by atoms with E-state index in [1.54, 1.807) is 5.56 Å². The van der Waals surface area contributed by atoms with Gasteiger partial charge in [0.2, 0.25) is 0 Å². The van der Waals surface area contributed by atoms with Crippen LogP contribution in [0, 0.1) is 5.92 Å². The maximum Gasteiger partial charge on any atom is 0.0991 e. The maximum absolute atomic E-state index is 4.55. The first-order valence-corrected chi connectivity index (χ1v) is 23.8. The molecule has 1 heterocycles. The van der Waals surface area contributed by atoms with Crippen molar-refractivity contribution in [1.29, 1.82) is 0 Å². The van der Waals surface area contributed by atoms with E-state index in [4.69, 9.17) is 0 Å². The molecule has 2 aromatic rings. The number of hydrogen-bond donors (Lipinski definition) is 0. The summed E-state index contributed by atoms with van der Waals surface area (Å²) in [7, 11) is 0. The molecule has 300 valence electrons. The molecule has 52 heavy (non-hydrogen) atoms. The molecule has 1 aromatic heterocycles. The van der Waals surface area contributed by atoms with Gasteiger partial charge in [0.1, 0.15) is 0 Å². The smallest absolute Gasteiger partial charge is 0.0991 e. The zero-order valence-electron chi connectivity index (χ0n) is 35.8. The van der Waals surface area contributed by atoms with Crippen LogP contribution in [0.5, 0.6) is 0 Å². The van der Waals surface area contributed by atoms with Gasteiger partial charge >= 0.3 is 0 Å². The van der Waals surface area contributed by atoms with E-state index in [0.29, 0.717) is 0 Å². The summed E-state index contributed by atoms with van der Waals surface area (Å²) in [6.45, 7) is 9.36. The lowest BCUT2D eigenvalue weighted by Crippen LogP contribution is -2.37. The predicted octanol–water partition coefficient (Wildman–Crippen LogP) is 17.5. The Labute approximate surface area is 326 Å². The van der Waals surface area contributed by atoms with Crippen LogP contribution in [0.1, 0.15) is 258 Å². The van der Waals surface area contributed by atoms with Gasteiger partial charge in [-0.1, -0.05) is 245 Å². The van der Waals surface area contributed by atoms with E-state index in [1.165, 1.54) is 230 Å². The summed E-state index contributed by atoms with van der Waals surface area (Å²) in [5, 5.41) is 0. The number of aromatic nitrogens is 2. The van der Waals surface area contributed by atoms with E-state index >= 15 is 0 Å². The predicted molar refractivity (Wildman–Crippen MR) is 233 cm³/mol. The molecule has 2 nitrogen and oxygen atoms in total. The van der Waals surface area contributed by atoms with Gasteiger partial charge in [-0.05, 0) is 43.2 Å². The second kappa shape index (κ2) is 32.8. The third-order valence-corrected chi connectivity index (χ3v) is 12.5. The zero-order valence-corrected chi connectivity index (χ0v) is 35.8. The zero-order chi connectivity index (χ0) is 37.2. The highest BCUT2D eigenvalue weighted by atomic mass is 15.0. The van der Waals surface area contributed by atoms with Crippen LogP contribution in [0.2, 0.25) is 0 Å². The number of benzene rings is 1. The van der Waals surface area contributed by atoms with Crippen molar-refractivity contribution in [1.82, 2.24) is 9.55 Å².